The number of Topliss-reactive ketones (excluding diaryl/α,β-unsaturated/α-hetero) is 1. The van der Waals surface area contributed by atoms with Crippen LogP contribution in [0, 0.1) is 0 Å². The van der Waals surface area contributed by atoms with Crippen molar-refractivity contribution in [1.82, 2.24) is 9.88 Å². The lowest BCUT2D eigenvalue weighted by molar-refractivity contribution is -0.116. The molecule has 2 heterocycles. The van der Waals surface area contributed by atoms with Gasteiger partial charge in [0.1, 0.15) is 12.0 Å². The SMILES string of the molecule is CC(=O)Cc1coc(C2CCCCN2C)n1. The van der Waals surface area contributed by atoms with Gasteiger partial charge >= 0.3 is 0 Å². The first-order valence-corrected chi connectivity index (χ1v) is 5.81. The predicted molar refractivity (Wildman–Crippen MR) is 60.1 cm³/mol. The van der Waals surface area contributed by atoms with E-state index in [1.807, 2.05) is 0 Å². The maximum absolute atomic E-state index is 11.0. The fourth-order valence-corrected chi connectivity index (χ4v) is 2.20. The normalized spacial score (nSPS) is 22.2. The van der Waals surface area contributed by atoms with E-state index < -0.39 is 0 Å². The van der Waals surface area contributed by atoms with Crippen molar-refractivity contribution in [3.63, 3.8) is 0 Å². The number of piperidine rings is 1. The highest BCUT2D eigenvalue weighted by atomic mass is 16.3. The summed E-state index contributed by atoms with van der Waals surface area (Å²) in [6.45, 7) is 2.66. The highest BCUT2D eigenvalue weighted by Crippen LogP contribution is 2.28. The Kier molecular flexibility index (Phi) is 3.39. The Bertz CT molecular complexity index is 373. The molecule has 16 heavy (non-hydrogen) atoms. The van der Waals surface area contributed by atoms with E-state index in [1.54, 1.807) is 13.2 Å². The molecule has 4 heteroatoms. The third-order valence-electron chi connectivity index (χ3n) is 3.06. The van der Waals surface area contributed by atoms with Crippen molar-refractivity contribution in [2.75, 3.05) is 13.6 Å². The van der Waals surface area contributed by atoms with Crippen molar-refractivity contribution in [2.24, 2.45) is 0 Å². The van der Waals surface area contributed by atoms with Crippen LogP contribution in [0.1, 0.15) is 43.8 Å². The molecule has 1 aromatic heterocycles. The van der Waals surface area contributed by atoms with Gasteiger partial charge in [0.15, 0.2) is 0 Å². The first-order valence-electron chi connectivity index (χ1n) is 5.81. The van der Waals surface area contributed by atoms with Crippen molar-refractivity contribution < 1.29 is 9.21 Å². The lowest BCUT2D eigenvalue weighted by atomic mass is 10.0. The van der Waals surface area contributed by atoms with Crippen LogP contribution in [0.3, 0.4) is 0 Å². The van der Waals surface area contributed by atoms with Crippen LogP contribution in [-0.4, -0.2) is 29.3 Å². The number of likely N-dealkylation sites (tertiary alicyclic amines) is 1. The fraction of sp³-hybridized carbons (Fsp3) is 0.667. The quantitative estimate of drug-likeness (QED) is 0.784. The molecule has 1 aromatic rings. The molecular formula is C12H18N2O2. The second kappa shape index (κ2) is 4.78. The predicted octanol–water partition coefficient (Wildman–Crippen LogP) is 1.96. The Balaban J connectivity index is 2.08. The van der Waals surface area contributed by atoms with Crippen LogP contribution in [0.2, 0.25) is 0 Å². The summed E-state index contributed by atoms with van der Waals surface area (Å²) in [5.74, 6) is 0.885. The highest BCUT2D eigenvalue weighted by Gasteiger charge is 2.24. The Labute approximate surface area is 95.6 Å². The number of rotatable bonds is 3. The Hall–Kier alpha value is -1.16. The molecule has 88 valence electrons. The van der Waals surface area contributed by atoms with Crippen LogP contribution in [-0.2, 0) is 11.2 Å². The largest absolute Gasteiger partial charge is 0.447 e. The summed E-state index contributed by atoms with van der Waals surface area (Å²) < 4.78 is 5.47. The van der Waals surface area contributed by atoms with E-state index in [9.17, 15) is 4.79 Å². The highest BCUT2D eigenvalue weighted by molar-refractivity contribution is 5.77. The number of ketones is 1. The fourth-order valence-electron chi connectivity index (χ4n) is 2.20. The molecule has 1 atom stereocenters. The summed E-state index contributed by atoms with van der Waals surface area (Å²) >= 11 is 0. The summed E-state index contributed by atoms with van der Waals surface area (Å²) in [6.07, 6.45) is 5.54. The van der Waals surface area contributed by atoms with E-state index >= 15 is 0 Å². The third kappa shape index (κ3) is 2.50. The van der Waals surface area contributed by atoms with Crippen LogP contribution in [0.5, 0.6) is 0 Å². The smallest absolute Gasteiger partial charge is 0.211 e. The number of nitrogens with zero attached hydrogens (tertiary/aromatic N) is 2. The Morgan fingerprint density at radius 1 is 1.62 bits per heavy atom. The van der Waals surface area contributed by atoms with E-state index in [1.165, 1.54) is 12.8 Å². The second-order valence-corrected chi connectivity index (χ2v) is 4.55. The van der Waals surface area contributed by atoms with Crippen molar-refractivity contribution in [3.05, 3.63) is 17.8 Å². The molecule has 0 spiro atoms. The monoisotopic (exact) mass is 222 g/mol. The van der Waals surface area contributed by atoms with Gasteiger partial charge in [-0.05, 0) is 33.4 Å². The van der Waals surface area contributed by atoms with Crippen molar-refractivity contribution >= 4 is 5.78 Å². The van der Waals surface area contributed by atoms with Crippen molar-refractivity contribution in [2.45, 2.75) is 38.6 Å². The maximum Gasteiger partial charge on any atom is 0.211 e. The Morgan fingerprint density at radius 3 is 3.12 bits per heavy atom. The average molecular weight is 222 g/mol. The number of hydrogen-bond donors (Lipinski definition) is 0. The zero-order valence-electron chi connectivity index (χ0n) is 9.90. The van der Waals surface area contributed by atoms with Gasteiger partial charge < -0.3 is 4.42 Å². The molecule has 1 aliphatic heterocycles. The number of carbonyl (C=O) groups excluding carboxylic acids is 1. The van der Waals surface area contributed by atoms with Crippen LogP contribution < -0.4 is 0 Å². The maximum atomic E-state index is 11.0. The summed E-state index contributed by atoms with van der Waals surface area (Å²) in [7, 11) is 2.10. The minimum atomic E-state index is 0.122. The van der Waals surface area contributed by atoms with Gasteiger partial charge in [-0.25, -0.2) is 4.98 Å². The molecular weight excluding hydrogens is 204 g/mol. The van der Waals surface area contributed by atoms with Crippen LogP contribution in [0.25, 0.3) is 0 Å². The molecule has 1 saturated heterocycles. The molecule has 0 amide bonds. The van der Waals surface area contributed by atoms with Gasteiger partial charge in [0.05, 0.1) is 18.2 Å². The summed E-state index contributed by atoms with van der Waals surface area (Å²) in [4.78, 5) is 17.6. The number of aromatic nitrogens is 1. The third-order valence-corrected chi connectivity index (χ3v) is 3.06. The van der Waals surface area contributed by atoms with E-state index in [0.717, 1.165) is 24.6 Å². The van der Waals surface area contributed by atoms with Crippen LogP contribution in [0.4, 0.5) is 0 Å². The summed E-state index contributed by atoms with van der Waals surface area (Å²) in [5, 5.41) is 0. The molecule has 0 bridgehead atoms. The molecule has 2 rings (SSSR count). The van der Waals surface area contributed by atoms with Crippen molar-refractivity contribution in [1.29, 1.82) is 0 Å². The summed E-state index contributed by atoms with van der Waals surface area (Å²) in [6, 6.07) is 0.287. The topological polar surface area (TPSA) is 46.3 Å². The molecule has 0 aliphatic carbocycles. The number of carbonyl (C=O) groups is 1. The number of oxazole rings is 1. The van der Waals surface area contributed by atoms with Gasteiger partial charge in [-0.2, -0.15) is 0 Å². The second-order valence-electron chi connectivity index (χ2n) is 4.55. The lowest BCUT2D eigenvalue weighted by Gasteiger charge is -2.29. The van der Waals surface area contributed by atoms with E-state index in [-0.39, 0.29) is 11.8 Å². The van der Waals surface area contributed by atoms with E-state index in [0.29, 0.717) is 6.42 Å². The van der Waals surface area contributed by atoms with Crippen LogP contribution in [0.15, 0.2) is 10.7 Å². The molecule has 0 aromatic carbocycles. The van der Waals surface area contributed by atoms with Gasteiger partial charge in [-0.3, -0.25) is 9.69 Å². The molecule has 4 nitrogen and oxygen atoms in total. The molecule has 0 radical (unpaired) electrons. The average Bonchev–Trinajstić information content (AvgIpc) is 2.66. The molecule has 1 aliphatic rings. The molecule has 0 saturated carbocycles. The standard InChI is InChI=1S/C12H18N2O2/c1-9(15)7-10-8-16-12(13-10)11-5-3-4-6-14(11)2/h8,11H,3-7H2,1-2H3. The Morgan fingerprint density at radius 2 is 2.44 bits per heavy atom. The molecule has 1 fully saturated rings. The van der Waals surface area contributed by atoms with Gasteiger partial charge in [0.25, 0.3) is 0 Å². The summed E-state index contributed by atoms with van der Waals surface area (Å²) in [5.41, 5.74) is 0.751. The zero-order valence-corrected chi connectivity index (χ0v) is 9.90. The number of hydrogen-bond acceptors (Lipinski definition) is 4. The lowest BCUT2D eigenvalue weighted by Crippen LogP contribution is -2.29. The van der Waals surface area contributed by atoms with Gasteiger partial charge in [0.2, 0.25) is 5.89 Å². The van der Waals surface area contributed by atoms with Crippen molar-refractivity contribution in [3.8, 4) is 0 Å². The first-order chi connectivity index (χ1) is 7.66. The van der Waals surface area contributed by atoms with Crippen LogP contribution >= 0.6 is 0 Å². The van der Waals surface area contributed by atoms with E-state index in [4.69, 9.17) is 4.42 Å². The molecule has 0 N–H and O–H groups in total. The minimum Gasteiger partial charge on any atom is -0.447 e. The van der Waals surface area contributed by atoms with Gasteiger partial charge in [0, 0.05) is 0 Å². The minimum absolute atomic E-state index is 0.122. The first kappa shape index (κ1) is 11.3. The van der Waals surface area contributed by atoms with Gasteiger partial charge in [-0.1, -0.05) is 6.42 Å². The van der Waals surface area contributed by atoms with E-state index in [2.05, 4.69) is 16.9 Å². The zero-order chi connectivity index (χ0) is 11.5. The van der Waals surface area contributed by atoms with Gasteiger partial charge in [-0.15, -0.1) is 0 Å². The molecule has 1 unspecified atom stereocenters.